The predicted molar refractivity (Wildman–Crippen MR) is 541 cm³/mol. The van der Waals surface area contributed by atoms with Crippen LogP contribution in [0.15, 0.2) is 225 Å². The van der Waals surface area contributed by atoms with Gasteiger partial charge in [-0.2, -0.15) is 52.7 Å². The fourth-order valence-electron chi connectivity index (χ4n) is 18.8. The number of methoxy groups -OCH3 is 4. The minimum atomic E-state index is -4.95. The van der Waals surface area contributed by atoms with Gasteiger partial charge in [-0.1, -0.05) is 156 Å². The van der Waals surface area contributed by atoms with Crippen molar-refractivity contribution in [3.05, 3.63) is 319 Å². The molecule has 31 heteroatoms. The second-order valence-electron chi connectivity index (χ2n) is 35.6. The van der Waals surface area contributed by atoms with Crippen molar-refractivity contribution in [2.75, 3.05) is 78.4 Å². The van der Waals surface area contributed by atoms with Crippen LogP contribution in [0.4, 0.5) is 58.4 Å². The number of carbonyl (C=O) groups is 7. The summed E-state index contributed by atoms with van der Waals surface area (Å²) in [5.74, 6) is -4.11. The van der Waals surface area contributed by atoms with E-state index in [0.717, 1.165) is 186 Å². The fourth-order valence-corrected chi connectivity index (χ4v) is 19.0. The van der Waals surface area contributed by atoms with Gasteiger partial charge in [-0.05, 0) is 370 Å². The van der Waals surface area contributed by atoms with E-state index < -0.39 is 48.3 Å². The Balaban J connectivity index is 0.000000162. The average Bonchev–Trinajstić information content (AvgIpc) is 1.62. The summed E-state index contributed by atoms with van der Waals surface area (Å²) in [5, 5.41) is 11.3. The Kier molecular flexibility index (Phi) is 41.8. The van der Waals surface area contributed by atoms with E-state index >= 15 is 0 Å². The molecule has 0 spiro atoms. The summed E-state index contributed by atoms with van der Waals surface area (Å²) in [6.07, 6.45) is 15.5. The van der Waals surface area contributed by atoms with E-state index in [2.05, 4.69) is 100 Å². The molecule has 8 aliphatic rings. The number of fused-ring (bicyclic) bond motifs is 8. The van der Waals surface area contributed by atoms with Crippen LogP contribution in [0.5, 0.6) is 23.0 Å². The molecule has 9 aromatic carbocycles. The number of rotatable bonds is 28. The van der Waals surface area contributed by atoms with Crippen molar-refractivity contribution in [2.45, 2.75) is 197 Å². The number of anilines is 1. The Labute approximate surface area is 840 Å². The maximum absolute atomic E-state index is 12.4. The van der Waals surface area contributed by atoms with Crippen molar-refractivity contribution in [3.63, 3.8) is 0 Å². The summed E-state index contributed by atoms with van der Waals surface area (Å²) in [5.41, 5.74) is 31.2. The predicted octanol–water partition coefficient (Wildman–Crippen LogP) is 24.5. The molecule has 7 amide bonds. The van der Waals surface area contributed by atoms with Gasteiger partial charge in [-0.3, -0.25) is 38.5 Å². The van der Waals surface area contributed by atoms with Crippen LogP contribution in [-0.2, 0) is 64.1 Å². The SMILES string of the molecule is COc1ccc2c(c1)C(CCCBr)=CCC2.COc1ccc2c(c1)C(CCCN)=CCC2.COc1ccc2c(c1)C(CCCN1C(=O)c3ccccc3C1=O)=CCC2.COc1ccc2c(c1)C(CCCNC(=O)C(F)(F)F)=CCC2.O=C(NC/C=C1\CCc2ccccc21)C(F)(F)F.O=C(NCCC1CCCc2ccccc21)c1ccc(NC(=O)C(F)(F)F)cc1.O=C(NCCC1CCc2ccccc21)C(F)(F)F. The summed E-state index contributed by atoms with van der Waals surface area (Å²) in [6.45, 7) is 1.71. The minimum Gasteiger partial charge on any atom is -0.497 e. The summed E-state index contributed by atoms with van der Waals surface area (Å²) in [4.78, 5) is 81.4. The van der Waals surface area contributed by atoms with Crippen LogP contribution in [0.1, 0.15) is 236 Å². The van der Waals surface area contributed by atoms with Crippen molar-refractivity contribution in [3.8, 4) is 23.0 Å². The monoisotopic (exact) mass is 2060 g/mol. The lowest BCUT2D eigenvalue weighted by Gasteiger charge is -2.25. The van der Waals surface area contributed by atoms with Crippen molar-refractivity contribution in [1.82, 2.24) is 26.2 Å². The molecule has 0 bridgehead atoms. The molecule has 766 valence electrons. The molecule has 0 aromatic heterocycles. The molecule has 0 fully saturated rings. The first-order valence-corrected chi connectivity index (χ1v) is 49.6. The number of amides is 7. The summed E-state index contributed by atoms with van der Waals surface area (Å²) >= 11 is 3.49. The van der Waals surface area contributed by atoms with Gasteiger partial charge in [0.2, 0.25) is 0 Å². The largest absolute Gasteiger partial charge is 0.497 e. The first-order chi connectivity index (χ1) is 69.1. The lowest BCUT2D eigenvalue weighted by molar-refractivity contribution is -0.173. The van der Waals surface area contributed by atoms with Crippen molar-refractivity contribution < 1.29 is 105 Å². The van der Waals surface area contributed by atoms with Crippen LogP contribution in [0.3, 0.4) is 0 Å². The number of hydrogen-bond donors (Lipinski definition) is 6. The van der Waals surface area contributed by atoms with Crippen LogP contribution >= 0.6 is 15.9 Å². The van der Waals surface area contributed by atoms with E-state index in [4.69, 9.17) is 24.7 Å². The van der Waals surface area contributed by atoms with Crippen molar-refractivity contribution in [1.29, 1.82) is 0 Å². The van der Waals surface area contributed by atoms with Gasteiger partial charge in [0.1, 0.15) is 23.0 Å². The van der Waals surface area contributed by atoms with E-state index in [1.807, 2.05) is 107 Å². The Morgan fingerprint density at radius 1 is 0.389 bits per heavy atom. The van der Waals surface area contributed by atoms with E-state index in [0.29, 0.717) is 55.0 Å². The molecule has 0 saturated carbocycles. The number of aryl methyl sites for hydroxylation is 7. The number of ether oxygens (including phenoxy) is 4. The number of alkyl halides is 13. The molecule has 0 saturated heterocycles. The zero-order valence-electron chi connectivity index (χ0n) is 81.1. The average molecular weight is 2060 g/mol. The molecular formula is C113H122BrF12N7O11. The van der Waals surface area contributed by atoms with Crippen LogP contribution < -0.4 is 51.3 Å². The minimum absolute atomic E-state index is 0.00891. The number of hydrogen-bond acceptors (Lipinski definition) is 12. The first-order valence-electron chi connectivity index (χ1n) is 48.5. The van der Waals surface area contributed by atoms with E-state index in [1.165, 1.54) is 125 Å². The summed E-state index contributed by atoms with van der Waals surface area (Å²) < 4.78 is 166. The standard InChI is InChI=1S/C22H21NO3.C21H21F3N2O2.C16H18F3NO2.C14H17BrO.C14H19NO.C13H14F3NO.C13H12F3NO/c1-26-17-12-11-16-7-4-6-15(20(16)14-17)8-5-13-23-21(24)18-9-2-3-10-19(18)22(23)25;22-21(23,24)20(28)26-17-10-8-16(9-11-17)19(27)25-13-12-15-6-3-5-14-4-1-2-7-18(14)15;1-22-13-8-7-12-5-2-4-11(14(12)10-13)6-3-9-20-15(21)16(17,18)19;2*1-16-13-8-7-12-5-2-4-11(6-3-9-15)14(12)10-13;2*14-13(15,16)12(18)17-8-7-10-6-5-9-3-1-2-4-11(9)10/h2-3,6,9-12,14H,4-5,7-8,13H2,1H3;1-2,4,7-11,15H,3,5-6,12-13H2,(H,25,27)(H,26,28);4,7-8,10H,2-3,5-6,9H2,1H3,(H,20,21);4,7-8,10H,2-3,5-6,9H2,1H3;4,7-8,10H,2-3,5-6,9,15H2,1H3;1-4,10H,5-8H2,(H,17,18);1-4,7H,5-6,8H2,(H,17,18)/b;;;;;;10-7+. The van der Waals surface area contributed by atoms with Gasteiger partial charge in [0.05, 0.1) is 39.6 Å². The molecule has 7 aliphatic carbocycles. The Bertz CT molecular complexity index is 5970. The number of nitrogens with two attached hydrogens (primary N) is 1. The molecule has 1 heterocycles. The number of allylic oxidation sites excluding steroid dienone is 9. The van der Waals surface area contributed by atoms with Gasteiger partial charge in [0.25, 0.3) is 17.7 Å². The van der Waals surface area contributed by atoms with Gasteiger partial charge in [0, 0.05) is 49.3 Å². The molecule has 9 aromatic rings. The molecular weight excluding hydrogens is 1940 g/mol. The zero-order valence-corrected chi connectivity index (χ0v) is 82.7. The third-order valence-electron chi connectivity index (χ3n) is 26.1. The maximum atomic E-state index is 12.4. The van der Waals surface area contributed by atoms with Crippen molar-refractivity contribution >= 4 is 90.8 Å². The van der Waals surface area contributed by atoms with Gasteiger partial charge in [-0.25, -0.2) is 0 Å². The molecule has 2 atom stereocenters. The molecule has 2 unspecified atom stereocenters. The molecule has 18 nitrogen and oxygen atoms in total. The fraction of sp³-hybridized carbons (Fsp3) is 0.372. The molecule has 17 rings (SSSR count). The smallest absolute Gasteiger partial charge is 0.471 e. The summed E-state index contributed by atoms with van der Waals surface area (Å²) in [7, 11) is 6.72. The number of nitrogens with zero attached hydrogens (tertiary/aromatic N) is 1. The highest BCUT2D eigenvalue weighted by Gasteiger charge is 2.42. The zero-order chi connectivity index (χ0) is 104. The highest BCUT2D eigenvalue weighted by Crippen LogP contribution is 2.41. The third kappa shape index (κ3) is 32.2. The molecule has 7 N–H and O–H groups in total. The number of nitrogens with one attached hydrogen (secondary N) is 5. The lowest BCUT2D eigenvalue weighted by Crippen LogP contribution is -2.37. The highest BCUT2D eigenvalue weighted by atomic mass is 79.9. The van der Waals surface area contributed by atoms with Gasteiger partial charge < -0.3 is 51.3 Å². The van der Waals surface area contributed by atoms with E-state index in [-0.39, 0.29) is 49.0 Å². The van der Waals surface area contributed by atoms with Gasteiger partial charge >= 0.3 is 48.3 Å². The maximum Gasteiger partial charge on any atom is 0.471 e. The molecule has 1 aliphatic heterocycles. The second kappa shape index (κ2) is 54.1. The second-order valence-corrected chi connectivity index (χ2v) is 36.3. The Morgan fingerprint density at radius 3 is 1.22 bits per heavy atom. The molecule has 0 radical (unpaired) electrons. The van der Waals surface area contributed by atoms with Gasteiger partial charge in [-0.15, -0.1) is 0 Å². The number of halogens is 13. The van der Waals surface area contributed by atoms with Crippen LogP contribution in [0.2, 0.25) is 0 Å². The Morgan fingerprint density at radius 2 is 0.771 bits per heavy atom. The van der Waals surface area contributed by atoms with E-state index in [9.17, 15) is 86.2 Å². The summed E-state index contributed by atoms with van der Waals surface area (Å²) in [6, 6.07) is 61.4. The third-order valence-corrected chi connectivity index (χ3v) is 26.7. The number of carbonyl (C=O) groups excluding carboxylic acids is 7. The normalized spacial score (nSPS) is 15.7. The van der Waals surface area contributed by atoms with E-state index in [1.54, 1.807) is 64.1 Å². The van der Waals surface area contributed by atoms with Crippen molar-refractivity contribution in [2.24, 2.45) is 5.73 Å². The lowest BCUT2D eigenvalue weighted by atomic mass is 9.81. The first kappa shape index (κ1) is 111. The number of imide groups is 1. The Hall–Kier alpha value is -13.0. The van der Waals surface area contributed by atoms with Gasteiger partial charge in [0.15, 0.2) is 0 Å². The topological polar surface area (TPSA) is 246 Å². The van der Waals surface area contributed by atoms with Crippen LogP contribution in [0.25, 0.3) is 27.9 Å². The quantitative estimate of drug-likeness (QED) is 0.0116. The highest BCUT2D eigenvalue weighted by molar-refractivity contribution is 9.09. The van der Waals surface area contributed by atoms with Crippen LogP contribution in [-0.4, -0.2) is 144 Å². The van der Waals surface area contributed by atoms with Crippen LogP contribution in [0, 0.1) is 0 Å². The number of benzene rings is 9. The molecule has 144 heavy (non-hydrogen) atoms.